The first kappa shape index (κ1) is 16.1. The Morgan fingerprint density at radius 1 is 1.05 bits per heavy atom. The van der Waals surface area contributed by atoms with Gasteiger partial charge in [-0.3, -0.25) is 0 Å². The van der Waals surface area contributed by atoms with Crippen molar-refractivity contribution in [3.8, 4) is 0 Å². The van der Waals surface area contributed by atoms with E-state index in [9.17, 15) is 0 Å². The number of hydrogen-bond acceptors (Lipinski definition) is 4. The second-order valence-electron chi connectivity index (χ2n) is 6.45. The van der Waals surface area contributed by atoms with Crippen molar-refractivity contribution in [1.29, 1.82) is 0 Å². The van der Waals surface area contributed by atoms with E-state index in [1.54, 1.807) is 0 Å². The molecule has 0 aliphatic carbocycles. The van der Waals surface area contributed by atoms with Crippen LogP contribution in [0, 0.1) is 13.8 Å². The standard InChI is InChI=1S/C15H28N4/c1-11-13(8-9-16-15(3,4)5)12(2)18-14(17-11)10-19(6)7/h16H,8-10H2,1-7H3. The average molecular weight is 264 g/mol. The lowest BCUT2D eigenvalue weighted by Crippen LogP contribution is -2.37. The molecule has 0 amide bonds. The minimum atomic E-state index is 0.160. The summed E-state index contributed by atoms with van der Waals surface area (Å²) in [6.45, 7) is 12.5. The van der Waals surface area contributed by atoms with Gasteiger partial charge in [-0.25, -0.2) is 9.97 Å². The Morgan fingerprint density at radius 2 is 1.58 bits per heavy atom. The summed E-state index contributed by atoms with van der Waals surface area (Å²) in [6.07, 6.45) is 0.983. The lowest BCUT2D eigenvalue weighted by Gasteiger charge is -2.21. The Hall–Kier alpha value is -1.00. The first-order valence-electron chi connectivity index (χ1n) is 6.92. The van der Waals surface area contributed by atoms with Crippen LogP contribution in [0.5, 0.6) is 0 Å². The van der Waals surface area contributed by atoms with Crippen LogP contribution < -0.4 is 5.32 Å². The molecule has 0 atom stereocenters. The molecule has 108 valence electrons. The molecule has 1 aromatic heterocycles. The van der Waals surface area contributed by atoms with Crippen molar-refractivity contribution in [2.45, 2.75) is 53.1 Å². The number of nitrogens with zero attached hydrogens (tertiary/aromatic N) is 3. The molecule has 1 rings (SSSR count). The summed E-state index contributed by atoms with van der Waals surface area (Å²) in [7, 11) is 4.07. The highest BCUT2D eigenvalue weighted by Crippen LogP contribution is 2.12. The number of nitrogens with one attached hydrogen (secondary N) is 1. The van der Waals surface area contributed by atoms with Crippen LogP contribution in [-0.2, 0) is 13.0 Å². The molecule has 0 aromatic carbocycles. The van der Waals surface area contributed by atoms with E-state index in [1.807, 2.05) is 14.1 Å². The summed E-state index contributed by atoms with van der Waals surface area (Å²) >= 11 is 0. The fourth-order valence-electron chi connectivity index (χ4n) is 2.09. The van der Waals surface area contributed by atoms with Gasteiger partial charge in [0.15, 0.2) is 0 Å². The summed E-state index contributed by atoms with van der Waals surface area (Å²) in [5, 5.41) is 3.51. The molecular formula is C15H28N4. The molecule has 19 heavy (non-hydrogen) atoms. The van der Waals surface area contributed by atoms with Gasteiger partial charge in [0.05, 0.1) is 6.54 Å². The van der Waals surface area contributed by atoms with Gasteiger partial charge in [-0.2, -0.15) is 0 Å². The lowest BCUT2D eigenvalue weighted by atomic mass is 10.1. The van der Waals surface area contributed by atoms with Crippen LogP contribution in [0.1, 0.15) is 43.5 Å². The lowest BCUT2D eigenvalue weighted by molar-refractivity contribution is 0.389. The van der Waals surface area contributed by atoms with E-state index in [-0.39, 0.29) is 5.54 Å². The number of rotatable bonds is 5. The second kappa shape index (κ2) is 6.44. The molecule has 0 radical (unpaired) electrons. The predicted molar refractivity (Wildman–Crippen MR) is 80.4 cm³/mol. The quantitative estimate of drug-likeness (QED) is 0.884. The first-order chi connectivity index (χ1) is 8.69. The monoisotopic (exact) mass is 264 g/mol. The molecule has 0 bridgehead atoms. The maximum atomic E-state index is 4.61. The van der Waals surface area contributed by atoms with Crippen molar-refractivity contribution in [3.63, 3.8) is 0 Å². The zero-order valence-corrected chi connectivity index (χ0v) is 13.5. The van der Waals surface area contributed by atoms with Gasteiger partial charge in [0.1, 0.15) is 5.82 Å². The van der Waals surface area contributed by atoms with Crippen molar-refractivity contribution >= 4 is 0 Å². The molecule has 4 heteroatoms. The third kappa shape index (κ3) is 5.66. The highest BCUT2D eigenvalue weighted by atomic mass is 15.1. The van der Waals surface area contributed by atoms with Gasteiger partial charge in [0.25, 0.3) is 0 Å². The van der Waals surface area contributed by atoms with Gasteiger partial charge in [0, 0.05) is 16.9 Å². The van der Waals surface area contributed by atoms with Crippen molar-refractivity contribution in [2.24, 2.45) is 0 Å². The van der Waals surface area contributed by atoms with E-state index in [2.05, 4.69) is 54.8 Å². The Balaban J connectivity index is 2.74. The molecule has 0 saturated heterocycles. The zero-order valence-electron chi connectivity index (χ0n) is 13.5. The summed E-state index contributed by atoms with van der Waals surface area (Å²) in [5.74, 6) is 0.910. The molecule has 0 aliphatic heterocycles. The van der Waals surface area contributed by atoms with Crippen molar-refractivity contribution < 1.29 is 0 Å². The number of aryl methyl sites for hydroxylation is 2. The molecule has 0 fully saturated rings. The molecule has 0 saturated carbocycles. The van der Waals surface area contributed by atoms with Gasteiger partial charge >= 0.3 is 0 Å². The van der Waals surface area contributed by atoms with Crippen LogP contribution >= 0.6 is 0 Å². The Kier molecular flexibility index (Phi) is 5.44. The predicted octanol–water partition coefficient (Wildman–Crippen LogP) is 2.09. The number of hydrogen-bond donors (Lipinski definition) is 1. The van der Waals surface area contributed by atoms with E-state index >= 15 is 0 Å². The summed E-state index contributed by atoms with van der Waals surface area (Å²) in [4.78, 5) is 11.3. The maximum Gasteiger partial charge on any atom is 0.142 e. The Labute approximate surface area is 117 Å². The van der Waals surface area contributed by atoms with Crippen LogP contribution in [0.3, 0.4) is 0 Å². The van der Waals surface area contributed by atoms with Gasteiger partial charge in [-0.05, 0) is 67.2 Å². The Bertz CT molecular complexity index is 396. The molecule has 1 aromatic rings. The third-order valence-corrected chi connectivity index (χ3v) is 2.95. The van der Waals surface area contributed by atoms with E-state index in [4.69, 9.17) is 0 Å². The van der Waals surface area contributed by atoms with Crippen molar-refractivity contribution in [1.82, 2.24) is 20.2 Å². The molecule has 0 spiro atoms. The topological polar surface area (TPSA) is 41.1 Å². The van der Waals surface area contributed by atoms with E-state index in [1.165, 1.54) is 5.56 Å². The van der Waals surface area contributed by atoms with Crippen LogP contribution in [0.15, 0.2) is 0 Å². The summed E-state index contributed by atoms with van der Waals surface area (Å²) in [5.41, 5.74) is 3.66. The summed E-state index contributed by atoms with van der Waals surface area (Å²) < 4.78 is 0. The average Bonchev–Trinajstić information content (AvgIpc) is 2.19. The molecule has 1 heterocycles. The highest BCUT2D eigenvalue weighted by molar-refractivity contribution is 5.24. The Morgan fingerprint density at radius 3 is 2.00 bits per heavy atom. The molecule has 4 nitrogen and oxygen atoms in total. The largest absolute Gasteiger partial charge is 0.312 e. The fourth-order valence-corrected chi connectivity index (χ4v) is 2.09. The molecular weight excluding hydrogens is 236 g/mol. The van der Waals surface area contributed by atoms with Gasteiger partial charge in [-0.1, -0.05) is 0 Å². The summed E-state index contributed by atoms with van der Waals surface area (Å²) in [6, 6.07) is 0. The minimum absolute atomic E-state index is 0.160. The van der Waals surface area contributed by atoms with Crippen LogP contribution in [-0.4, -0.2) is 41.0 Å². The van der Waals surface area contributed by atoms with Gasteiger partial charge in [-0.15, -0.1) is 0 Å². The maximum absolute atomic E-state index is 4.61. The van der Waals surface area contributed by atoms with E-state index in [0.717, 1.165) is 36.7 Å². The fraction of sp³-hybridized carbons (Fsp3) is 0.733. The van der Waals surface area contributed by atoms with Crippen molar-refractivity contribution in [2.75, 3.05) is 20.6 Å². The minimum Gasteiger partial charge on any atom is -0.312 e. The van der Waals surface area contributed by atoms with E-state index in [0.29, 0.717) is 0 Å². The SMILES string of the molecule is Cc1nc(CN(C)C)nc(C)c1CCNC(C)(C)C. The normalized spacial score (nSPS) is 12.2. The van der Waals surface area contributed by atoms with Crippen LogP contribution in [0.4, 0.5) is 0 Å². The highest BCUT2D eigenvalue weighted by Gasteiger charge is 2.12. The molecule has 0 unspecified atom stereocenters. The third-order valence-electron chi connectivity index (χ3n) is 2.95. The van der Waals surface area contributed by atoms with Gasteiger partial charge < -0.3 is 10.2 Å². The van der Waals surface area contributed by atoms with Crippen LogP contribution in [0.25, 0.3) is 0 Å². The van der Waals surface area contributed by atoms with E-state index < -0.39 is 0 Å². The zero-order chi connectivity index (χ0) is 14.6. The molecule has 0 aliphatic rings. The second-order valence-corrected chi connectivity index (χ2v) is 6.45. The van der Waals surface area contributed by atoms with Crippen molar-refractivity contribution in [3.05, 3.63) is 22.8 Å². The molecule has 1 N–H and O–H groups in total. The smallest absolute Gasteiger partial charge is 0.142 e. The van der Waals surface area contributed by atoms with Gasteiger partial charge in [0.2, 0.25) is 0 Å². The van der Waals surface area contributed by atoms with Crippen LogP contribution in [0.2, 0.25) is 0 Å². The number of aromatic nitrogens is 2. The first-order valence-corrected chi connectivity index (χ1v) is 6.92.